The Morgan fingerprint density at radius 2 is 2.00 bits per heavy atom. The molecule has 0 aromatic heterocycles. The molecule has 0 saturated carbocycles. The summed E-state index contributed by atoms with van der Waals surface area (Å²) in [6, 6.07) is 0. The zero-order chi connectivity index (χ0) is 10.3. The third kappa shape index (κ3) is 6.06. The second-order valence-electron chi connectivity index (χ2n) is 2.27. The lowest BCUT2D eigenvalue weighted by molar-refractivity contribution is -0.156. The van der Waals surface area contributed by atoms with E-state index in [1.165, 1.54) is 7.11 Å². The quantitative estimate of drug-likeness (QED) is 0.414. The largest absolute Gasteiger partial charge is 0.479 e. The van der Waals surface area contributed by atoms with E-state index in [0.717, 1.165) is 0 Å². The van der Waals surface area contributed by atoms with E-state index in [1.54, 1.807) is 0 Å². The van der Waals surface area contributed by atoms with E-state index in [4.69, 9.17) is 10.2 Å². The highest BCUT2D eigenvalue weighted by atomic mass is 16.6. The van der Waals surface area contributed by atoms with E-state index in [-0.39, 0.29) is 13.2 Å². The summed E-state index contributed by atoms with van der Waals surface area (Å²) in [5.74, 6) is -2.20. The fraction of sp³-hybridized carbons (Fsp3) is 0.714. The number of esters is 1. The lowest BCUT2D eigenvalue weighted by Gasteiger charge is -2.05. The minimum atomic E-state index is -1.70. The summed E-state index contributed by atoms with van der Waals surface area (Å²) in [5.41, 5.74) is 0. The van der Waals surface area contributed by atoms with Crippen LogP contribution in [0.15, 0.2) is 0 Å². The van der Waals surface area contributed by atoms with Crippen molar-refractivity contribution in [2.75, 3.05) is 20.3 Å². The molecule has 6 heteroatoms. The zero-order valence-corrected chi connectivity index (χ0v) is 7.23. The average molecular weight is 192 g/mol. The predicted molar refractivity (Wildman–Crippen MR) is 41.1 cm³/mol. The molecule has 0 radical (unpaired) electrons. The minimum Gasteiger partial charge on any atom is -0.479 e. The number of aliphatic carboxylic acids is 1. The van der Waals surface area contributed by atoms with Gasteiger partial charge in [-0.25, -0.2) is 4.79 Å². The zero-order valence-electron chi connectivity index (χ0n) is 7.23. The number of rotatable bonds is 6. The molecule has 0 aliphatic rings. The fourth-order valence-corrected chi connectivity index (χ4v) is 0.543. The number of hydrogen-bond donors (Lipinski definition) is 2. The van der Waals surface area contributed by atoms with Gasteiger partial charge in [0.25, 0.3) is 0 Å². The second-order valence-corrected chi connectivity index (χ2v) is 2.27. The van der Waals surface area contributed by atoms with Gasteiger partial charge >= 0.3 is 11.9 Å². The maximum atomic E-state index is 10.7. The van der Waals surface area contributed by atoms with E-state index >= 15 is 0 Å². The molecule has 2 N–H and O–H groups in total. The Labute approximate surface area is 75.1 Å². The van der Waals surface area contributed by atoms with Crippen LogP contribution in [0.2, 0.25) is 0 Å². The van der Waals surface area contributed by atoms with Gasteiger partial charge in [0.2, 0.25) is 0 Å². The van der Waals surface area contributed by atoms with Crippen molar-refractivity contribution in [1.82, 2.24) is 0 Å². The van der Waals surface area contributed by atoms with E-state index < -0.39 is 24.5 Å². The van der Waals surface area contributed by atoms with E-state index in [0.29, 0.717) is 0 Å². The smallest absolute Gasteiger partial charge is 0.333 e. The number of carboxylic acid groups (broad SMARTS) is 1. The van der Waals surface area contributed by atoms with Crippen LogP contribution in [0.25, 0.3) is 0 Å². The highest BCUT2D eigenvalue weighted by Crippen LogP contribution is 1.94. The first kappa shape index (κ1) is 11.9. The van der Waals surface area contributed by atoms with Gasteiger partial charge in [-0.3, -0.25) is 4.79 Å². The molecule has 76 valence electrons. The van der Waals surface area contributed by atoms with Crippen molar-refractivity contribution in [2.24, 2.45) is 0 Å². The number of aliphatic hydroxyl groups is 1. The Bertz CT molecular complexity index is 178. The van der Waals surface area contributed by atoms with Crippen molar-refractivity contribution >= 4 is 11.9 Å². The Balaban J connectivity index is 3.56. The Morgan fingerprint density at radius 1 is 1.38 bits per heavy atom. The molecule has 0 amide bonds. The van der Waals surface area contributed by atoms with Crippen molar-refractivity contribution in [3.63, 3.8) is 0 Å². The molecule has 0 aromatic carbocycles. The SMILES string of the molecule is COCCOC(=O)CC(O)C(=O)O. The van der Waals surface area contributed by atoms with Gasteiger partial charge in [-0.15, -0.1) is 0 Å². The van der Waals surface area contributed by atoms with Crippen LogP contribution in [0.1, 0.15) is 6.42 Å². The van der Waals surface area contributed by atoms with Crippen molar-refractivity contribution < 1.29 is 29.3 Å². The summed E-state index contributed by atoms with van der Waals surface area (Å²) in [6.07, 6.45) is -2.24. The number of ether oxygens (including phenoxy) is 2. The minimum absolute atomic E-state index is 0.0572. The summed E-state index contributed by atoms with van der Waals surface area (Å²) in [7, 11) is 1.44. The van der Waals surface area contributed by atoms with Gasteiger partial charge < -0.3 is 19.7 Å². The average Bonchev–Trinajstić information content (AvgIpc) is 2.04. The maximum absolute atomic E-state index is 10.7. The van der Waals surface area contributed by atoms with E-state index in [2.05, 4.69) is 9.47 Å². The highest BCUT2D eigenvalue weighted by molar-refractivity contribution is 5.80. The number of aliphatic hydroxyl groups excluding tert-OH is 1. The van der Waals surface area contributed by atoms with Crippen molar-refractivity contribution in [3.8, 4) is 0 Å². The van der Waals surface area contributed by atoms with Crippen LogP contribution in [-0.2, 0) is 19.1 Å². The number of carbonyl (C=O) groups excluding carboxylic acids is 1. The maximum Gasteiger partial charge on any atom is 0.333 e. The Kier molecular flexibility index (Phi) is 5.82. The fourth-order valence-electron chi connectivity index (χ4n) is 0.543. The first-order chi connectivity index (χ1) is 6.07. The second kappa shape index (κ2) is 6.38. The lowest BCUT2D eigenvalue weighted by atomic mass is 10.2. The molecule has 0 bridgehead atoms. The normalized spacial score (nSPS) is 12.2. The van der Waals surface area contributed by atoms with Gasteiger partial charge in [0, 0.05) is 7.11 Å². The molecular formula is C7H12O6. The number of methoxy groups -OCH3 is 1. The lowest BCUT2D eigenvalue weighted by Crippen LogP contribution is -2.24. The van der Waals surface area contributed by atoms with Gasteiger partial charge in [-0.05, 0) is 0 Å². The molecule has 0 spiro atoms. The topological polar surface area (TPSA) is 93.1 Å². The Hall–Kier alpha value is -1.14. The molecular weight excluding hydrogens is 180 g/mol. The van der Waals surface area contributed by atoms with Gasteiger partial charge in [-0.1, -0.05) is 0 Å². The van der Waals surface area contributed by atoms with Crippen LogP contribution < -0.4 is 0 Å². The van der Waals surface area contributed by atoms with E-state index in [9.17, 15) is 9.59 Å². The molecule has 1 atom stereocenters. The summed E-state index contributed by atoms with van der Waals surface area (Å²) >= 11 is 0. The highest BCUT2D eigenvalue weighted by Gasteiger charge is 2.18. The standard InChI is InChI=1S/C7H12O6/c1-12-2-3-13-6(9)4-5(8)7(10)11/h5,8H,2-4H2,1H3,(H,10,11). The predicted octanol–water partition coefficient (Wildman–Crippen LogP) is -0.988. The molecule has 0 heterocycles. The van der Waals surface area contributed by atoms with Gasteiger partial charge in [0.05, 0.1) is 13.0 Å². The number of hydrogen-bond acceptors (Lipinski definition) is 5. The molecule has 0 aromatic rings. The molecule has 0 fully saturated rings. The van der Waals surface area contributed by atoms with Crippen LogP contribution in [0.4, 0.5) is 0 Å². The summed E-state index contributed by atoms with van der Waals surface area (Å²) in [6.45, 7) is 0.302. The van der Waals surface area contributed by atoms with Crippen LogP contribution >= 0.6 is 0 Å². The molecule has 1 unspecified atom stereocenters. The molecule has 6 nitrogen and oxygen atoms in total. The van der Waals surface area contributed by atoms with Crippen LogP contribution in [-0.4, -0.2) is 48.6 Å². The summed E-state index contributed by atoms with van der Waals surface area (Å²) < 4.78 is 9.10. The first-order valence-electron chi connectivity index (χ1n) is 3.63. The summed E-state index contributed by atoms with van der Waals surface area (Å²) in [5, 5.41) is 16.9. The van der Waals surface area contributed by atoms with Crippen LogP contribution in [0, 0.1) is 0 Å². The first-order valence-corrected chi connectivity index (χ1v) is 3.63. The van der Waals surface area contributed by atoms with Crippen molar-refractivity contribution in [2.45, 2.75) is 12.5 Å². The number of carboxylic acids is 1. The van der Waals surface area contributed by atoms with Gasteiger partial charge in [-0.2, -0.15) is 0 Å². The molecule has 0 aliphatic heterocycles. The van der Waals surface area contributed by atoms with Gasteiger partial charge in [0.1, 0.15) is 6.61 Å². The monoisotopic (exact) mass is 192 g/mol. The van der Waals surface area contributed by atoms with Crippen LogP contribution in [0.5, 0.6) is 0 Å². The molecule has 0 saturated heterocycles. The molecule has 13 heavy (non-hydrogen) atoms. The Morgan fingerprint density at radius 3 is 2.46 bits per heavy atom. The van der Waals surface area contributed by atoms with Crippen molar-refractivity contribution in [1.29, 1.82) is 0 Å². The third-order valence-corrected chi connectivity index (χ3v) is 1.20. The van der Waals surface area contributed by atoms with Crippen LogP contribution in [0.3, 0.4) is 0 Å². The summed E-state index contributed by atoms with van der Waals surface area (Å²) in [4.78, 5) is 20.8. The number of carbonyl (C=O) groups is 2. The van der Waals surface area contributed by atoms with Crippen molar-refractivity contribution in [3.05, 3.63) is 0 Å². The van der Waals surface area contributed by atoms with Gasteiger partial charge in [0.15, 0.2) is 6.10 Å². The molecule has 0 rings (SSSR count). The van der Waals surface area contributed by atoms with E-state index in [1.807, 2.05) is 0 Å². The molecule has 0 aliphatic carbocycles. The third-order valence-electron chi connectivity index (χ3n) is 1.20.